The first-order chi connectivity index (χ1) is 15.7. The van der Waals surface area contributed by atoms with Gasteiger partial charge >= 0.3 is 0 Å². The molecule has 6 heteroatoms. The largest absolute Gasteiger partial charge is 0.342 e. The Bertz CT molecular complexity index is 1100. The molecule has 1 N–H and O–H groups in total. The van der Waals surface area contributed by atoms with Crippen molar-refractivity contribution >= 4 is 17.4 Å². The van der Waals surface area contributed by atoms with E-state index in [0.29, 0.717) is 12.5 Å². The molecule has 2 aliphatic rings. The number of pyridine rings is 1. The number of piperidine rings is 1. The summed E-state index contributed by atoms with van der Waals surface area (Å²) < 4.78 is 0. The highest BCUT2D eigenvalue weighted by Gasteiger charge is 2.36. The quantitative estimate of drug-likeness (QED) is 0.602. The van der Waals surface area contributed by atoms with Crippen LogP contribution in [-0.2, 0) is 11.2 Å². The van der Waals surface area contributed by atoms with E-state index in [4.69, 9.17) is 9.97 Å². The first kappa shape index (κ1) is 20.6. The third-order valence-corrected chi connectivity index (χ3v) is 6.39. The van der Waals surface area contributed by atoms with Gasteiger partial charge < -0.3 is 10.2 Å². The maximum atomic E-state index is 12.7. The fourth-order valence-corrected chi connectivity index (χ4v) is 4.44. The van der Waals surface area contributed by atoms with Crippen LogP contribution >= 0.6 is 0 Å². The van der Waals surface area contributed by atoms with E-state index in [0.717, 1.165) is 67.2 Å². The minimum absolute atomic E-state index is 0.144. The average molecular weight is 428 g/mol. The molecule has 2 aromatic heterocycles. The highest BCUT2D eigenvalue weighted by Crippen LogP contribution is 2.35. The van der Waals surface area contributed by atoms with Crippen molar-refractivity contribution < 1.29 is 4.79 Å². The van der Waals surface area contributed by atoms with Crippen LogP contribution in [0.25, 0.3) is 11.3 Å². The van der Waals surface area contributed by atoms with E-state index in [9.17, 15) is 4.79 Å². The van der Waals surface area contributed by atoms with Crippen molar-refractivity contribution in [3.8, 4) is 11.3 Å². The minimum Gasteiger partial charge on any atom is -0.342 e. The lowest BCUT2D eigenvalue weighted by molar-refractivity contribution is -0.133. The first-order valence-electron chi connectivity index (χ1n) is 11.6. The lowest BCUT2D eigenvalue weighted by atomic mass is 9.96. The smallest absolute Gasteiger partial charge is 0.225 e. The van der Waals surface area contributed by atoms with Crippen molar-refractivity contribution in [1.29, 1.82) is 0 Å². The second-order valence-corrected chi connectivity index (χ2v) is 8.77. The molecule has 0 unspecified atom stereocenters. The Morgan fingerprint density at radius 1 is 1.12 bits per heavy atom. The van der Waals surface area contributed by atoms with E-state index in [1.807, 2.05) is 35.4 Å². The maximum absolute atomic E-state index is 12.7. The predicted octanol–water partition coefficient (Wildman–Crippen LogP) is 4.96. The van der Waals surface area contributed by atoms with Gasteiger partial charge in [-0.1, -0.05) is 25.1 Å². The van der Waals surface area contributed by atoms with Gasteiger partial charge in [0, 0.05) is 54.6 Å². The Morgan fingerprint density at radius 3 is 2.78 bits per heavy atom. The monoisotopic (exact) mass is 427 g/mol. The van der Waals surface area contributed by atoms with Gasteiger partial charge in [0.05, 0.1) is 5.69 Å². The van der Waals surface area contributed by atoms with Gasteiger partial charge in [-0.25, -0.2) is 9.97 Å². The van der Waals surface area contributed by atoms with Gasteiger partial charge in [0.2, 0.25) is 5.91 Å². The van der Waals surface area contributed by atoms with Crippen molar-refractivity contribution in [3.63, 3.8) is 0 Å². The van der Waals surface area contributed by atoms with E-state index in [2.05, 4.69) is 35.4 Å². The number of carbonyl (C=O) groups is 1. The molecule has 0 spiro atoms. The highest BCUT2D eigenvalue weighted by atomic mass is 16.2. The number of carbonyl (C=O) groups excluding carboxylic acids is 1. The number of rotatable bonds is 6. The molecule has 1 saturated heterocycles. The van der Waals surface area contributed by atoms with Crippen molar-refractivity contribution in [1.82, 2.24) is 19.9 Å². The van der Waals surface area contributed by atoms with Crippen molar-refractivity contribution in [2.75, 3.05) is 18.4 Å². The summed E-state index contributed by atoms with van der Waals surface area (Å²) in [4.78, 5) is 28.8. The number of aryl methyl sites for hydroxylation is 1. The summed E-state index contributed by atoms with van der Waals surface area (Å²) in [6.45, 7) is 3.71. The number of amides is 1. The van der Waals surface area contributed by atoms with Crippen LogP contribution in [-0.4, -0.2) is 38.8 Å². The number of likely N-dealkylation sites (tertiary alicyclic amines) is 1. The molecule has 0 bridgehead atoms. The Balaban J connectivity index is 1.48. The van der Waals surface area contributed by atoms with E-state index >= 15 is 0 Å². The number of nitrogens with zero attached hydrogens (tertiary/aromatic N) is 4. The van der Waals surface area contributed by atoms with Gasteiger partial charge in [-0.15, -0.1) is 0 Å². The molecule has 5 rings (SSSR count). The molecule has 1 aromatic carbocycles. The molecule has 164 valence electrons. The van der Waals surface area contributed by atoms with E-state index in [1.165, 1.54) is 5.56 Å². The topological polar surface area (TPSA) is 71.0 Å². The predicted molar refractivity (Wildman–Crippen MR) is 126 cm³/mol. The molecule has 6 nitrogen and oxygen atoms in total. The highest BCUT2D eigenvalue weighted by molar-refractivity contribution is 5.81. The van der Waals surface area contributed by atoms with Crippen LogP contribution in [0.3, 0.4) is 0 Å². The third-order valence-electron chi connectivity index (χ3n) is 6.39. The molecule has 1 amide bonds. The van der Waals surface area contributed by atoms with Crippen LogP contribution < -0.4 is 5.32 Å². The molecule has 1 aliphatic heterocycles. The fourth-order valence-electron chi connectivity index (χ4n) is 4.44. The average Bonchev–Trinajstić information content (AvgIpc) is 3.70. The molecule has 3 heterocycles. The molecule has 1 aliphatic carbocycles. The number of para-hydroxylation sites is 1. The van der Waals surface area contributed by atoms with Crippen LogP contribution in [0.15, 0.2) is 54.9 Å². The van der Waals surface area contributed by atoms with Gasteiger partial charge in [0.25, 0.3) is 0 Å². The summed E-state index contributed by atoms with van der Waals surface area (Å²) in [7, 11) is 0. The fraction of sp³-hybridized carbons (Fsp3) is 0.385. The van der Waals surface area contributed by atoms with E-state index < -0.39 is 0 Å². The zero-order valence-electron chi connectivity index (χ0n) is 18.5. The van der Waals surface area contributed by atoms with Gasteiger partial charge in [-0.3, -0.25) is 9.78 Å². The third kappa shape index (κ3) is 4.49. The van der Waals surface area contributed by atoms with Gasteiger partial charge in [-0.2, -0.15) is 0 Å². The Labute approximate surface area is 189 Å². The summed E-state index contributed by atoms with van der Waals surface area (Å²) in [5, 5.41) is 3.52. The van der Waals surface area contributed by atoms with Crippen LogP contribution in [0.1, 0.15) is 49.9 Å². The molecule has 3 aromatic rings. The van der Waals surface area contributed by atoms with Gasteiger partial charge in [-0.05, 0) is 55.9 Å². The summed E-state index contributed by atoms with van der Waals surface area (Å²) >= 11 is 0. The Morgan fingerprint density at radius 2 is 2.00 bits per heavy atom. The number of hydrogen-bond acceptors (Lipinski definition) is 5. The summed E-state index contributed by atoms with van der Waals surface area (Å²) in [5.74, 6) is 2.29. The molecule has 0 radical (unpaired) electrons. The molecule has 32 heavy (non-hydrogen) atoms. The van der Waals surface area contributed by atoms with Crippen molar-refractivity contribution in [2.45, 2.75) is 44.9 Å². The lowest BCUT2D eigenvalue weighted by Gasteiger charge is -2.32. The van der Waals surface area contributed by atoms with E-state index in [-0.39, 0.29) is 11.8 Å². The number of nitrogens with one attached hydrogen (secondary N) is 1. The normalized spacial score (nSPS) is 18.4. The Hall–Kier alpha value is -3.28. The standard InChI is InChI=1S/C26H29N5O/c1-2-18-7-3-4-10-22(18)28-24-15-23(20-8-5-13-27-16-20)29-25(30-24)21-9-6-14-31(17-21)26(32)19-11-12-19/h3-5,7-8,10,13,15-16,19,21H,2,6,9,11-12,14,17H2,1H3,(H,28,29,30)/t21-/m0/s1. The van der Waals surface area contributed by atoms with Crippen molar-refractivity contribution in [3.05, 3.63) is 66.2 Å². The zero-order chi connectivity index (χ0) is 21.9. The maximum Gasteiger partial charge on any atom is 0.225 e. The van der Waals surface area contributed by atoms with Gasteiger partial charge in [0.1, 0.15) is 11.6 Å². The van der Waals surface area contributed by atoms with Crippen molar-refractivity contribution in [2.24, 2.45) is 5.92 Å². The molecule has 1 saturated carbocycles. The second kappa shape index (κ2) is 9.07. The molecule has 1 atom stereocenters. The number of aromatic nitrogens is 3. The number of hydrogen-bond donors (Lipinski definition) is 1. The minimum atomic E-state index is 0.144. The van der Waals surface area contributed by atoms with Crippen LogP contribution in [0, 0.1) is 5.92 Å². The first-order valence-corrected chi connectivity index (χ1v) is 11.6. The SMILES string of the molecule is CCc1ccccc1Nc1cc(-c2cccnc2)nc([C@H]2CCCN(C(=O)C3CC3)C2)n1. The molecular weight excluding hydrogens is 398 g/mol. The molecule has 2 fully saturated rings. The Kier molecular flexibility index (Phi) is 5.84. The lowest BCUT2D eigenvalue weighted by Crippen LogP contribution is -2.40. The van der Waals surface area contributed by atoms with Crippen LogP contribution in [0.2, 0.25) is 0 Å². The van der Waals surface area contributed by atoms with Crippen LogP contribution in [0.4, 0.5) is 11.5 Å². The molecular formula is C26H29N5O. The number of benzene rings is 1. The second-order valence-electron chi connectivity index (χ2n) is 8.77. The van der Waals surface area contributed by atoms with E-state index in [1.54, 1.807) is 6.20 Å². The summed E-state index contributed by atoms with van der Waals surface area (Å²) in [6, 6.07) is 14.2. The zero-order valence-corrected chi connectivity index (χ0v) is 18.5. The summed E-state index contributed by atoms with van der Waals surface area (Å²) in [5.41, 5.74) is 4.12. The van der Waals surface area contributed by atoms with Crippen LogP contribution in [0.5, 0.6) is 0 Å². The summed E-state index contributed by atoms with van der Waals surface area (Å²) in [6.07, 6.45) is 8.61. The van der Waals surface area contributed by atoms with Gasteiger partial charge in [0.15, 0.2) is 0 Å². The number of anilines is 2.